The van der Waals surface area contributed by atoms with Crippen molar-refractivity contribution in [2.24, 2.45) is 0 Å². The van der Waals surface area contributed by atoms with Gasteiger partial charge in [-0.25, -0.2) is 0 Å². The standard InChI is InChI=1S/C17H18F3N/c18-17(19,20)15-8-4-2-6-13(15)11-16-14-7-3-1-5-12(14)9-10-21-16/h2,4-8,16,21H,1,3,9-11H2. The lowest BCUT2D eigenvalue weighted by Crippen LogP contribution is -2.39. The van der Waals surface area contributed by atoms with Gasteiger partial charge < -0.3 is 5.32 Å². The van der Waals surface area contributed by atoms with Crippen molar-refractivity contribution in [3.05, 3.63) is 58.7 Å². The monoisotopic (exact) mass is 293 g/mol. The Morgan fingerprint density at radius 3 is 2.67 bits per heavy atom. The Hall–Kier alpha value is -1.55. The summed E-state index contributed by atoms with van der Waals surface area (Å²) < 4.78 is 39.3. The maximum absolute atomic E-state index is 13.1. The van der Waals surface area contributed by atoms with Crippen LogP contribution in [-0.2, 0) is 12.6 Å². The molecule has 1 aromatic rings. The van der Waals surface area contributed by atoms with Crippen LogP contribution in [0, 0.1) is 0 Å². The summed E-state index contributed by atoms with van der Waals surface area (Å²) >= 11 is 0. The van der Waals surface area contributed by atoms with Crippen LogP contribution in [0.15, 0.2) is 47.6 Å². The second-order valence-electron chi connectivity index (χ2n) is 5.58. The maximum atomic E-state index is 13.1. The average molecular weight is 293 g/mol. The molecule has 0 saturated carbocycles. The number of rotatable bonds is 2. The molecule has 1 fully saturated rings. The second-order valence-corrected chi connectivity index (χ2v) is 5.58. The molecule has 112 valence electrons. The minimum absolute atomic E-state index is 0.00574. The summed E-state index contributed by atoms with van der Waals surface area (Å²) in [5.74, 6) is 0. The molecule has 1 aliphatic heterocycles. The van der Waals surface area contributed by atoms with E-state index in [9.17, 15) is 13.2 Å². The van der Waals surface area contributed by atoms with E-state index in [0.717, 1.165) is 25.8 Å². The molecule has 21 heavy (non-hydrogen) atoms. The van der Waals surface area contributed by atoms with Crippen LogP contribution in [0.4, 0.5) is 13.2 Å². The van der Waals surface area contributed by atoms with Gasteiger partial charge in [-0.05, 0) is 55.0 Å². The fourth-order valence-electron chi connectivity index (χ4n) is 3.23. The molecule has 1 aliphatic carbocycles. The van der Waals surface area contributed by atoms with Crippen molar-refractivity contribution in [2.75, 3.05) is 6.54 Å². The van der Waals surface area contributed by atoms with Crippen molar-refractivity contribution in [3.63, 3.8) is 0 Å². The van der Waals surface area contributed by atoms with Gasteiger partial charge in [-0.1, -0.05) is 30.4 Å². The van der Waals surface area contributed by atoms with Crippen molar-refractivity contribution in [3.8, 4) is 0 Å². The van der Waals surface area contributed by atoms with Gasteiger partial charge >= 0.3 is 6.18 Å². The number of benzene rings is 1. The van der Waals surface area contributed by atoms with Crippen molar-refractivity contribution in [1.82, 2.24) is 5.32 Å². The third-order valence-corrected chi connectivity index (χ3v) is 4.20. The predicted molar refractivity (Wildman–Crippen MR) is 77.0 cm³/mol. The first-order valence-electron chi connectivity index (χ1n) is 7.33. The van der Waals surface area contributed by atoms with Crippen LogP contribution in [0.25, 0.3) is 0 Å². The van der Waals surface area contributed by atoms with Gasteiger partial charge in [0.2, 0.25) is 0 Å². The topological polar surface area (TPSA) is 12.0 Å². The highest BCUT2D eigenvalue weighted by atomic mass is 19.4. The van der Waals surface area contributed by atoms with Crippen LogP contribution < -0.4 is 5.32 Å². The van der Waals surface area contributed by atoms with Crippen molar-refractivity contribution in [2.45, 2.75) is 37.9 Å². The minimum atomic E-state index is -4.29. The molecule has 0 aromatic heterocycles. The van der Waals surface area contributed by atoms with Crippen LogP contribution in [0.2, 0.25) is 0 Å². The van der Waals surface area contributed by atoms with Gasteiger partial charge in [0.25, 0.3) is 0 Å². The molecular weight excluding hydrogens is 275 g/mol. The number of hydrogen-bond donors (Lipinski definition) is 1. The van der Waals surface area contributed by atoms with Crippen LogP contribution in [0.1, 0.15) is 30.4 Å². The highest BCUT2D eigenvalue weighted by molar-refractivity contribution is 5.42. The number of nitrogens with one attached hydrogen (secondary N) is 1. The average Bonchev–Trinajstić information content (AvgIpc) is 2.47. The van der Waals surface area contributed by atoms with Crippen LogP contribution >= 0.6 is 0 Å². The van der Waals surface area contributed by atoms with Crippen molar-refractivity contribution in [1.29, 1.82) is 0 Å². The summed E-state index contributed by atoms with van der Waals surface area (Å²) in [5, 5.41) is 3.37. The Balaban J connectivity index is 1.87. The quantitative estimate of drug-likeness (QED) is 0.859. The Morgan fingerprint density at radius 1 is 1.10 bits per heavy atom. The van der Waals surface area contributed by atoms with E-state index >= 15 is 0 Å². The van der Waals surface area contributed by atoms with E-state index in [1.54, 1.807) is 12.1 Å². The van der Waals surface area contributed by atoms with Gasteiger partial charge in [0.1, 0.15) is 0 Å². The smallest absolute Gasteiger partial charge is 0.309 e. The summed E-state index contributed by atoms with van der Waals surface area (Å²) in [6.07, 6.45) is 3.52. The lowest BCUT2D eigenvalue weighted by molar-refractivity contribution is -0.138. The normalized spacial score (nSPS) is 22.3. The number of halogens is 3. The van der Waals surface area contributed by atoms with Gasteiger partial charge in [-0.15, -0.1) is 0 Å². The van der Waals surface area contributed by atoms with Gasteiger partial charge in [0.15, 0.2) is 0 Å². The molecule has 1 N–H and O–H groups in total. The van der Waals surface area contributed by atoms with Gasteiger partial charge in [-0.3, -0.25) is 0 Å². The molecule has 1 saturated heterocycles. The highest BCUT2D eigenvalue weighted by Gasteiger charge is 2.34. The molecule has 1 heterocycles. The van der Waals surface area contributed by atoms with E-state index in [1.165, 1.54) is 23.3 Å². The highest BCUT2D eigenvalue weighted by Crippen LogP contribution is 2.34. The third-order valence-electron chi connectivity index (χ3n) is 4.20. The fraction of sp³-hybridized carbons (Fsp3) is 0.412. The molecule has 0 spiro atoms. The summed E-state index contributed by atoms with van der Waals surface area (Å²) in [6, 6.07) is 5.88. The summed E-state index contributed by atoms with van der Waals surface area (Å²) in [5.41, 5.74) is 2.37. The van der Waals surface area contributed by atoms with Crippen molar-refractivity contribution >= 4 is 0 Å². The summed E-state index contributed by atoms with van der Waals surface area (Å²) in [7, 11) is 0. The second kappa shape index (κ2) is 5.68. The summed E-state index contributed by atoms with van der Waals surface area (Å²) in [4.78, 5) is 0. The van der Waals surface area contributed by atoms with E-state index in [2.05, 4.69) is 17.5 Å². The van der Waals surface area contributed by atoms with E-state index < -0.39 is 11.7 Å². The number of piperidine rings is 1. The first-order chi connectivity index (χ1) is 10.1. The van der Waals surface area contributed by atoms with Crippen LogP contribution in [0.5, 0.6) is 0 Å². The first-order valence-corrected chi connectivity index (χ1v) is 7.33. The fourth-order valence-corrected chi connectivity index (χ4v) is 3.23. The number of allylic oxidation sites excluding steroid dienone is 2. The zero-order valence-corrected chi connectivity index (χ0v) is 11.7. The maximum Gasteiger partial charge on any atom is 0.416 e. The van der Waals surface area contributed by atoms with E-state index in [0.29, 0.717) is 12.0 Å². The minimum Gasteiger partial charge on any atom is -0.309 e. The van der Waals surface area contributed by atoms with Gasteiger partial charge in [-0.2, -0.15) is 13.2 Å². The Morgan fingerprint density at radius 2 is 1.86 bits per heavy atom. The molecule has 0 bridgehead atoms. The van der Waals surface area contributed by atoms with Crippen molar-refractivity contribution < 1.29 is 13.2 Å². The zero-order chi connectivity index (χ0) is 14.9. The first kappa shape index (κ1) is 14.4. The molecule has 0 amide bonds. The predicted octanol–water partition coefficient (Wildman–Crippen LogP) is 4.26. The molecule has 4 heteroatoms. The van der Waals surface area contributed by atoms with E-state index in [1.807, 2.05) is 0 Å². The zero-order valence-electron chi connectivity index (χ0n) is 11.7. The number of fused-ring (bicyclic) bond motifs is 1. The Bertz CT molecular complexity index is 584. The molecule has 2 aliphatic rings. The van der Waals surface area contributed by atoms with Gasteiger partial charge in [0.05, 0.1) is 5.56 Å². The molecule has 1 unspecified atom stereocenters. The molecule has 1 nitrogen and oxygen atoms in total. The van der Waals surface area contributed by atoms with Crippen LogP contribution in [-0.4, -0.2) is 12.6 Å². The lowest BCUT2D eigenvalue weighted by Gasteiger charge is -2.32. The SMILES string of the molecule is FC(F)(F)c1ccccc1CC1NCCC2=CCCC=C21. The lowest BCUT2D eigenvalue weighted by atomic mass is 9.84. The van der Waals surface area contributed by atoms with E-state index in [4.69, 9.17) is 0 Å². The molecule has 3 rings (SSSR count). The Labute approximate surface area is 122 Å². The third kappa shape index (κ3) is 3.05. The van der Waals surface area contributed by atoms with E-state index in [-0.39, 0.29) is 6.04 Å². The summed E-state index contributed by atoms with van der Waals surface area (Å²) in [6.45, 7) is 0.835. The molecule has 1 atom stereocenters. The molecule has 1 aromatic carbocycles. The number of alkyl halides is 3. The molecular formula is C17H18F3N. The molecule has 0 radical (unpaired) electrons. The largest absolute Gasteiger partial charge is 0.416 e. The number of hydrogen-bond acceptors (Lipinski definition) is 1. The Kier molecular flexibility index (Phi) is 3.89. The van der Waals surface area contributed by atoms with Gasteiger partial charge in [0, 0.05) is 6.04 Å². The van der Waals surface area contributed by atoms with Crippen LogP contribution in [0.3, 0.4) is 0 Å².